The van der Waals surface area contributed by atoms with Gasteiger partial charge in [0.25, 0.3) is 0 Å². The van der Waals surface area contributed by atoms with Crippen LogP contribution in [0.25, 0.3) is 11.1 Å². The van der Waals surface area contributed by atoms with Crippen molar-refractivity contribution in [2.24, 2.45) is 0 Å². The molecule has 144 valence electrons. The van der Waals surface area contributed by atoms with E-state index in [0.717, 1.165) is 16.9 Å². The monoisotopic (exact) mass is 379 g/mol. The van der Waals surface area contributed by atoms with E-state index < -0.39 is 0 Å². The van der Waals surface area contributed by atoms with Gasteiger partial charge in [-0.1, -0.05) is 48.5 Å². The summed E-state index contributed by atoms with van der Waals surface area (Å²) in [5.74, 6) is 0.874. The summed E-state index contributed by atoms with van der Waals surface area (Å²) < 4.78 is 24.1. The zero-order valence-corrected chi connectivity index (χ0v) is 15.4. The van der Waals surface area contributed by atoms with Crippen LogP contribution < -0.4 is 14.8 Å². The Bertz CT molecular complexity index is 882. The second-order valence-electron chi connectivity index (χ2n) is 6.11. The Labute approximate surface area is 163 Å². The van der Waals surface area contributed by atoms with Gasteiger partial charge in [0.15, 0.2) is 0 Å². The first-order valence-electron chi connectivity index (χ1n) is 9.15. The minimum absolute atomic E-state index is 0.123. The Hall–Kier alpha value is -3.34. The molecule has 0 aliphatic carbocycles. The molecule has 1 N–H and O–H groups in total. The molecule has 0 aliphatic heterocycles. The van der Waals surface area contributed by atoms with E-state index in [1.165, 1.54) is 24.3 Å². The van der Waals surface area contributed by atoms with Gasteiger partial charge in [0.2, 0.25) is 5.91 Å². The lowest BCUT2D eigenvalue weighted by Crippen LogP contribution is -2.29. The highest BCUT2D eigenvalue weighted by molar-refractivity contribution is 5.76. The fourth-order valence-corrected chi connectivity index (χ4v) is 2.68. The molecule has 0 atom stereocenters. The maximum absolute atomic E-state index is 12.8. The molecule has 28 heavy (non-hydrogen) atoms. The highest BCUT2D eigenvalue weighted by Crippen LogP contribution is 2.29. The van der Waals surface area contributed by atoms with E-state index in [0.29, 0.717) is 18.9 Å². The van der Waals surface area contributed by atoms with Gasteiger partial charge in [-0.2, -0.15) is 0 Å². The molecule has 0 heterocycles. The van der Waals surface area contributed by atoms with E-state index in [4.69, 9.17) is 9.47 Å². The molecule has 0 saturated heterocycles. The Morgan fingerprint density at radius 3 is 2.32 bits per heavy atom. The normalized spacial score (nSPS) is 10.3. The van der Waals surface area contributed by atoms with Crippen molar-refractivity contribution in [2.45, 2.75) is 6.42 Å². The van der Waals surface area contributed by atoms with Crippen molar-refractivity contribution >= 4 is 5.91 Å². The Morgan fingerprint density at radius 2 is 1.54 bits per heavy atom. The molecular weight excluding hydrogens is 357 g/mol. The Morgan fingerprint density at radius 1 is 0.821 bits per heavy atom. The third-order valence-corrected chi connectivity index (χ3v) is 4.07. The molecule has 0 saturated carbocycles. The number of halogens is 1. The molecular formula is C23H22FNO3. The van der Waals surface area contributed by atoms with Crippen molar-refractivity contribution in [2.75, 3.05) is 19.8 Å². The summed E-state index contributed by atoms with van der Waals surface area (Å²) in [7, 11) is 0. The number of benzene rings is 3. The van der Waals surface area contributed by atoms with E-state index in [9.17, 15) is 9.18 Å². The molecule has 5 heteroatoms. The van der Waals surface area contributed by atoms with Crippen molar-refractivity contribution in [3.8, 4) is 22.6 Å². The fourth-order valence-electron chi connectivity index (χ4n) is 2.68. The van der Waals surface area contributed by atoms with Crippen LogP contribution in [-0.4, -0.2) is 25.7 Å². The Balaban J connectivity index is 1.39. The molecule has 3 aromatic carbocycles. The molecule has 0 spiro atoms. The summed E-state index contributed by atoms with van der Waals surface area (Å²) in [6.07, 6.45) is 0.220. The smallest absolute Gasteiger partial charge is 0.223 e. The number of hydrogen-bond acceptors (Lipinski definition) is 3. The van der Waals surface area contributed by atoms with E-state index in [-0.39, 0.29) is 24.8 Å². The van der Waals surface area contributed by atoms with E-state index in [1.54, 1.807) is 0 Å². The number of ether oxygens (including phenoxy) is 2. The van der Waals surface area contributed by atoms with Crippen LogP contribution in [0.15, 0.2) is 78.9 Å². The summed E-state index contributed by atoms with van der Waals surface area (Å²) in [6, 6.07) is 23.5. The van der Waals surface area contributed by atoms with Crippen molar-refractivity contribution in [1.29, 1.82) is 0 Å². The molecule has 0 fully saturated rings. The standard InChI is InChI=1S/C23H22FNO3/c24-19-10-12-20(13-11-19)27-16-14-23(26)25-15-17-28-22-9-5-4-8-21(22)18-6-2-1-3-7-18/h1-13H,14-17H2,(H,25,26). The van der Waals surface area contributed by atoms with Crippen molar-refractivity contribution in [3.05, 3.63) is 84.7 Å². The molecule has 0 aliphatic rings. The highest BCUT2D eigenvalue weighted by atomic mass is 19.1. The van der Waals surface area contributed by atoms with E-state index in [1.807, 2.05) is 54.6 Å². The van der Waals surface area contributed by atoms with Gasteiger partial charge in [-0.15, -0.1) is 0 Å². The summed E-state index contributed by atoms with van der Waals surface area (Å²) in [5, 5.41) is 2.80. The van der Waals surface area contributed by atoms with Gasteiger partial charge in [-0.05, 0) is 35.9 Å². The average Bonchev–Trinajstić information content (AvgIpc) is 2.73. The minimum Gasteiger partial charge on any atom is -0.493 e. The predicted molar refractivity (Wildman–Crippen MR) is 107 cm³/mol. The SMILES string of the molecule is O=C(CCOc1ccc(F)cc1)NCCOc1ccccc1-c1ccccc1. The van der Waals surface area contributed by atoms with Crippen LogP contribution in [-0.2, 0) is 4.79 Å². The number of hydrogen-bond donors (Lipinski definition) is 1. The number of amides is 1. The predicted octanol–water partition coefficient (Wildman–Crippen LogP) is 4.46. The topological polar surface area (TPSA) is 47.6 Å². The van der Waals surface area contributed by atoms with Gasteiger partial charge in [-0.3, -0.25) is 4.79 Å². The molecule has 0 aromatic heterocycles. The quantitative estimate of drug-likeness (QED) is 0.559. The second kappa shape index (κ2) is 10.1. The number of nitrogens with one attached hydrogen (secondary N) is 1. The van der Waals surface area contributed by atoms with Gasteiger partial charge in [-0.25, -0.2) is 4.39 Å². The number of carbonyl (C=O) groups is 1. The molecule has 0 radical (unpaired) electrons. The second-order valence-corrected chi connectivity index (χ2v) is 6.11. The van der Waals surface area contributed by atoms with Crippen LogP contribution in [0.1, 0.15) is 6.42 Å². The highest BCUT2D eigenvalue weighted by Gasteiger charge is 2.06. The van der Waals surface area contributed by atoms with Crippen LogP contribution in [0.2, 0.25) is 0 Å². The summed E-state index contributed by atoms with van der Waals surface area (Å²) >= 11 is 0. The maximum atomic E-state index is 12.8. The van der Waals surface area contributed by atoms with E-state index >= 15 is 0 Å². The van der Waals surface area contributed by atoms with Crippen molar-refractivity contribution in [1.82, 2.24) is 5.32 Å². The molecule has 0 unspecified atom stereocenters. The summed E-state index contributed by atoms with van der Waals surface area (Å²) in [5.41, 5.74) is 2.10. The summed E-state index contributed by atoms with van der Waals surface area (Å²) in [4.78, 5) is 11.9. The zero-order chi connectivity index (χ0) is 19.6. The lowest BCUT2D eigenvalue weighted by molar-refractivity contribution is -0.121. The van der Waals surface area contributed by atoms with Gasteiger partial charge >= 0.3 is 0 Å². The first-order chi connectivity index (χ1) is 13.7. The van der Waals surface area contributed by atoms with Crippen LogP contribution in [0, 0.1) is 5.82 Å². The first kappa shape index (κ1) is 19.4. The van der Waals surface area contributed by atoms with Crippen LogP contribution in [0.4, 0.5) is 4.39 Å². The van der Waals surface area contributed by atoms with Crippen molar-refractivity contribution in [3.63, 3.8) is 0 Å². The first-order valence-corrected chi connectivity index (χ1v) is 9.15. The van der Waals surface area contributed by atoms with Gasteiger partial charge in [0.05, 0.1) is 19.6 Å². The van der Waals surface area contributed by atoms with Crippen molar-refractivity contribution < 1.29 is 18.7 Å². The molecule has 4 nitrogen and oxygen atoms in total. The molecule has 3 rings (SSSR count). The minimum atomic E-state index is -0.320. The van der Waals surface area contributed by atoms with Crippen LogP contribution in [0.3, 0.4) is 0 Å². The maximum Gasteiger partial charge on any atom is 0.223 e. The van der Waals surface area contributed by atoms with E-state index in [2.05, 4.69) is 5.32 Å². The zero-order valence-electron chi connectivity index (χ0n) is 15.4. The molecule has 1 amide bonds. The number of para-hydroxylation sites is 1. The average molecular weight is 379 g/mol. The fraction of sp³-hybridized carbons (Fsp3) is 0.174. The van der Waals surface area contributed by atoms with Gasteiger partial charge in [0.1, 0.15) is 23.9 Å². The van der Waals surface area contributed by atoms with Crippen LogP contribution >= 0.6 is 0 Å². The lowest BCUT2D eigenvalue weighted by atomic mass is 10.1. The third kappa shape index (κ3) is 5.84. The van der Waals surface area contributed by atoms with Gasteiger partial charge < -0.3 is 14.8 Å². The largest absolute Gasteiger partial charge is 0.493 e. The molecule has 0 bridgehead atoms. The van der Waals surface area contributed by atoms with Crippen LogP contribution in [0.5, 0.6) is 11.5 Å². The summed E-state index contributed by atoms with van der Waals surface area (Å²) in [6.45, 7) is 1.00. The Kier molecular flexibility index (Phi) is 7.01. The number of rotatable bonds is 9. The third-order valence-electron chi connectivity index (χ3n) is 4.07. The lowest BCUT2D eigenvalue weighted by Gasteiger charge is -2.12. The number of carbonyl (C=O) groups excluding carboxylic acids is 1. The van der Waals surface area contributed by atoms with Gasteiger partial charge in [0, 0.05) is 5.56 Å². The molecule has 3 aromatic rings.